The molecule has 0 radical (unpaired) electrons. The van der Waals surface area contributed by atoms with Crippen molar-refractivity contribution in [2.24, 2.45) is 0 Å². The van der Waals surface area contributed by atoms with E-state index in [0.717, 1.165) is 6.08 Å². The lowest BCUT2D eigenvalue weighted by molar-refractivity contribution is -0.138. The zero-order valence-electron chi connectivity index (χ0n) is 10.8. The summed E-state index contributed by atoms with van der Waals surface area (Å²) in [5.41, 5.74) is 0.592. The van der Waals surface area contributed by atoms with Crippen LogP contribution in [0.5, 0.6) is 0 Å². The number of ether oxygens (including phenoxy) is 2. The highest BCUT2D eigenvalue weighted by atomic mass is 35.5. The monoisotopic (exact) mass is 294 g/mol. The first-order valence-corrected chi connectivity index (χ1v) is 5.74. The van der Waals surface area contributed by atoms with Crippen molar-refractivity contribution in [1.29, 1.82) is 5.26 Å². The summed E-state index contributed by atoms with van der Waals surface area (Å²) in [4.78, 5) is 22.7. The smallest absolute Gasteiger partial charge is 0.354 e. The van der Waals surface area contributed by atoms with Crippen molar-refractivity contribution < 1.29 is 19.1 Å². The van der Waals surface area contributed by atoms with E-state index in [-0.39, 0.29) is 10.7 Å². The lowest BCUT2D eigenvalue weighted by Gasteiger charge is -2.10. The molecule has 0 aliphatic carbocycles. The van der Waals surface area contributed by atoms with Crippen molar-refractivity contribution >= 4 is 29.2 Å². The number of methoxy groups -OCH3 is 2. The zero-order chi connectivity index (χ0) is 15.1. The van der Waals surface area contributed by atoms with E-state index in [2.05, 4.69) is 14.8 Å². The third-order valence-corrected chi connectivity index (χ3v) is 2.55. The topological polar surface area (TPSA) is 88.4 Å². The summed E-state index contributed by atoms with van der Waals surface area (Å²) in [6, 6.07) is 6.38. The molecule has 1 aromatic carbocycles. The summed E-state index contributed by atoms with van der Waals surface area (Å²) in [5.74, 6) is -1.47. The lowest BCUT2D eigenvalue weighted by atomic mass is 10.2. The summed E-state index contributed by atoms with van der Waals surface area (Å²) >= 11 is 5.96. The maximum absolute atomic E-state index is 11.5. The van der Waals surface area contributed by atoms with Gasteiger partial charge in [0.05, 0.1) is 42.6 Å². The predicted octanol–water partition coefficient (Wildman–Crippen LogP) is 1.85. The van der Waals surface area contributed by atoms with Crippen LogP contribution in [0, 0.1) is 11.3 Å². The Morgan fingerprint density at radius 3 is 2.55 bits per heavy atom. The van der Waals surface area contributed by atoms with Gasteiger partial charge in [0.15, 0.2) is 0 Å². The van der Waals surface area contributed by atoms with Gasteiger partial charge < -0.3 is 14.8 Å². The van der Waals surface area contributed by atoms with E-state index in [1.165, 1.54) is 32.4 Å². The van der Waals surface area contributed by atoms with Gasteiger partial charge in [-0.25, -0.2) is 9.59 Å². The molecule has 0 saturated carbocycles. The number of nitrogens with zero attached hydrogens (tertiary/aromatic N) is 1. The largest absolute Gasteiger partial charge is 0.466 e. The minimum Gasteiger partial charge on any atom is -0.466 e. The molecule has 20 heavy (non-hydrogen) atoms. The van der Waals surface area contributed by atoms with Gasteiger partial charge in [0.2, 0.25) is 0 Å². The van der Waals surface area contributed by atoms with Crippen LogP contribution < -0.4 is 5.32 Å². The maximum atomic E-state index is 11.5. The molecule has 0 heterocycles. The fourth-order valence-electron chi connectivity index (χ4n) is 1.26. The van der Waals surface area contributed by atoms with Crippen molar-refractivity contribution in [2.75, 3.05) is 19.5 Å². The third kappa shape index (κ3) is 4.00. The Labute approximate surface area is 120 Å². The minimum atomic E-state index is -0.754. The van der Waals surface area contributed by atoms with Crippen molar-refractivity contribution in [2.45, 2.75) is 0 Å². The molecule has 104 valence electrons. The number of halogens is 1. The third-order valence-electron chi connectivity index (χ3n) is 2.24. The van der Waals surface area contributed by atoms with Crippen molar-refractivity contribution in [3.63, 3.8) is 0 Å². The lowest BCUT2D eigenvalue weighted by Crippen LogP contribution is -2.15. The fourth-order valence-corrected chi connectivity index (χ4v) is 1.49. The number of nitrogens with one attached hydrogen (secondary N) is 1. The number of carbonyl (C=O) groups is 2. The Hall–Kier alpha value is -2.52. The number of rotatable bonds is 4. The van der Waals surface area contributed by atoms with E-state index in [1.807, 2.05) is 6.07 Å². The normalized spacial score (nSPS) is 10.4. The Morgan fingerprint density at radius 2 is 2.05 bits per heavy atom. The molecule has 0 aliphatic heterocycles. The van der Waals surface area contributed by atoms with Crippen LogP contribution in [0.4, 0.5) is 5.69 Å². The van der Waals surface area contributed by atoms with Gasteiger partial charge in [-0.1, -0.05) is 11.6 Å². The van der Waals surface area contributed by atoms with Crippen LogP contribution in [0.1, 0.15) is 5.56 Å². The van der Waals surface area contributed by atoms with Gasteiger partial charge in [-0.2, -0.15) is 5.26 Å². The summed E-state index contributed by atoms with van der Waals surface area (Å²) in [6.45, 7) is 0. The molecular weight excluding hydrogens is 284 g/mol. The molecule has 0 saturated heterocycles. The summed E-state index contributed by atoms with van der Waals surface area (Å²) < 4.78 is 8.98. The first-order valence-electron chi connectivity index (χ1n) is 5.36. The standard InChI is InChI=1S/C13H11ClN2O4/c1-19-12(17)6-11(13(18)20-2)16-10-4-3-8(7-15)5-9(10)14/h3-6,16H,1-2H3/b11-6+. The quantitative estimate of drug-likeness (QED) is 0.673. The van der Waals surface area contributed by atoms with Crippen LogP contribution >= 0.6 is 11.6 Å². The SMILES string of the molecule is COC(=O)/C=C(/Nc1ccc(C#N)cc1Cl)C(=O)OC. The molecule has 0 aliphatic rings. The van der Waals surface area contributed by atoms with E-state index in [0.29, 0.717) is 11.3 Å². The summed E-state index contributed by atoms with van der Waals surface area (Å²) in [6.07, 6.45) is 0.945. The molecule has 6 nitrogen and oxygen atoms in total. The molecule has 0 amide bonds. The van der Waals surface area contributed by atoms with Gasteiger partial charge in [0.1, 0.15) is 5.70 Å². The number of anilines is 1. The number of carbonyl (C=O) groups excluding carboxylic acids is 2. The first-order chi connectivity index (χ1) is 9.51. The average molecular weight is 295 g/mol. The Kier molecular flexibility index (Phi) is 5.56. The molecule has 0 atom stereocenters. The van der Waals surface area contributed by atoms with Crippen LogP contribution in [0.3, 0.4) is 0 Å². The Morgan fingerprint density at radius 1 is 1.35 bits per heavy atom. The van der Waals surface area contributed by atoms with E-state index in [9.17, 15) is 9.59 Å². The second-order valence-electron chi connectivity index (χ2n) is 3.50. The maximum Gasteiger partial charge on any atom is 0.354 e. The molecule has 1 aromatic rings. The van der Waals surface area contributed by atoms with Gasteiger partial charge in [-0.3, -0.25) is 0 Å². The first kappa shape index (κ1) is 15.5. The highest BCUT2D eigenvalue weighted by molar-refractivity contribution is 6.33. The van der Waals surface area contributed by atoms with Crippen molar-refractivity contribution in [3.8, 4) is 6.07 Å². The van der Waals surface area contributed by atoms with E-state index >= 15 is 0 Å². The molecule has 0 aromatic heterocycles. The van der Waals surface area contributed by atoms with Gasteiger partial charge in [-0.05, 0) is 18.2 Å². The van der Waals surface area contributed by atoms with E-state index in [4.69, 9.17) is 16.9 Å². The zero-order valence-corrected chi connectivity index (χ0v) is 11.5. The Bertz CT molecular complexity index is 605. The molecule has 1 rings (SSSR count). The summed E-state index contributed by atoms with van der Waals surface area (Å²) in [7, 11) is 2.36. The number of hydrogen-bond acceptors (Lipinski definition) is 6. The molecule has 0 fully saturated rings. The van der Waals surface area contributed by atoms with Crippen molar-refractivity contribution in [3.05, 3.63) is 40.6 Å². The van der Waals surface area contributed by atoms with Gasteiger partial charge in [-0.15, -0.1) is 0 Å². The second-order valence-corrected chi connectivity index (χ2v) is 3.91. The number of nitriles is 1. The number of hydrogen-bond donors (Lipinski definition) is 1. The van der Waals surface area contributed by atoms with Crippen LogP contribution in [0.15, 0.2) is 30.0 Å². The van der Waals surface area contributed by atoms with Gasteiger partial charge >= 0.3 is 11.9 Å². The van der Waals surface area contributed by atoms with Crippen LogP contribution in [-0.4, -0.2) is 26.2 Å². The predicted molar refractivity (Wildman–Crippen MR) is 71.9 cm³/mol. The summed E-state index contributed by atoms with van der Waals surface area (Å²) in [5, 5.41) is 11.6. The molecule has 1 N–H and O–H groups in total. The minimum absolute atomic E-state index is 0.133. The van der Waals surface area contributed by atoms with Gasteiger partial charge in [0, 0.05) is 0 Å². The molecule has 7 heteroatoms. The molecular formula is C13H11ClN2O4. The highest BCUT2D eigenvalue weighted by Gasteiger charge is 2.14. The number of esters is 2. The van der Waals surface area contributed by atoms with E-state index in [1.54, 1.807) is 0 Å². The van der Waals surface area contributed by atoms with Crippen LogP contribution in [-0.2, 0) is 19.1 Å². The second kappa shape index (κ2) is 7.16. The van der Waals surface area contributed by atoms with E-state index < -0.39 is 11.9 Å². The molecule has 0 unspecified atom stereocenters. The molecule has 0 bridgehead atoms. The van der Waals surface area contributed by atoms with Crippen LogP contribution in [0.25, 0.3) is 0 Å². The highest BCUT2D eigenvalue weighted by Crippen LogP contribution is 2.24. The molecule has 0 spiro atoms. The van der Waals surface area contributed by atoms with Crippen molar-refractivity contribution in [1.82, 2.24) is 0 Å². The van der Waals surface area contributed by atoms with Crippen LogP contribution in [0.2, 0.25) is 5.02 Å². The average Bonchev–Trinajstić information content (AvgIpc) is 2.47. The fraction of sp³-hybridized carbons (Fsp3) is 0.154. The number of benzene rings is 1. The van der Waals surface area contributed by atoms with Gasteiger partial charge in [0.25, 0.3) is 0 Å². The Balaban J connectivity index is 3.08.